The first-order valence-electron chi connectivity index (χ1n) is 7.32. The summed E-state index contributed by atoms with van der Waals surface area (Å²) in [4.78, 5) is 24.5. The fraction of sp³-hybridized carbons (Fsp3) is 0.500. The van der Waals surface area contributed by atoms with Gasteiger partial charge < -0.3 is 15.3 Å². The Morgan fingerprint density at radius 1 is 1.41 bits per heavy atom. The van der Waals surface area contributed by atoms with E-state index in [0.29, 0.717) is 18.5 Å². The van der Waals surface area contributed by atoms with Gasteiger partial charge in [-0.2, -0.15) is 0 Å². The molecule has 1 aromatic rings. The number of nitrogens with one attached hydrogen (secondary N) is 1. The van der Waals surface area contributed by atoms with Gasteiger partial charge in [0.1, 0.15) is 5.82 Å². The van der Waals surface area contributed by atoms with Crippen LogP contribution < -0.4 is 5.32 Å². The normalized spacial score (nSPS) is 18.3. The third-order valence-electron chi connectivity index (χ3n) is 4.11. The molecule has 2 rings (SSSR count). The number of hydrogen-bond acceptors (Lipinski definition) is 2. The molecule has 0 bridgehead atoms. The molecule has 1 unspecified atom stereocenters. The number of carboxylic acids is 1. The molecule has 120 valence electrons. The van der Waals surface area contributed by atoms with E-state index in [1.165, 1.54) is 11.0 Å². The summed E-state index contributed by atoms with van der Waals surface area (Å²) in [6, 6.07) is 6.20. The first-order valence-corrected chi connectivity index (χ1v) is 7.32. The highest BCUT2D eigenvalue weighted by Gasteiger charge is 2.32. The first kappa shape index (κ1) is 16.3. The van der Waals surface area contributed by atoms with Crippen LogP contribution in [0.1, 0.15) is 25.8 Å². The van der Waals surface area contributed by atoms with Crippen molar-refractivity contribution in [2.75, 3.05) is 19.6 Å². The van der Waals surface area contributed by atoms with E-state index in [4.69, 9.17) is 5.11 Å². The van der Waals surface area contributed by atoms with Crippen LogP contribution in [0.4, 0.5) is 9.18 Å². The lowest BCUT2D eigenvalue weighted by Gasteiger charge is -2.27. The number of amides is 2. The molecule has 22 heavy (non-hydrogen) atoms. The molecule has 1 atom stereocenters. The van der Waals surface area contributed by atoms with Crippen LogP contribution in [0, 0.1) is 11.7 Å². The highest BCUT2D eigenvalue weighted by molar-refractivity contribution is 5.77. The molecule has 1 aliphatic rings. The second kappa shape index (κ2) is 6.34. The van der Waals surface area contributed by atoms with E-state index in [2.05, 4.69) is 5.32 Å². The fourth-order valence-electron chi connectivity index (χ4n) is 2.66. The Bertz CT molecular complexity index is 574. The van der Waals surface area contributed by atoms with E-state index in [1.54, 1.807) is 18.2 Å². The molecule has 0 spiro atoms. The molecule has 0 aromatic heterocycles. The van der Waals surface area contributed by atoms with Crippen LogP contribution in [0.15, 0.2) is 24.3 Å². The van der Waals surface area contributed by atoms with Gasteiger partial charge in [-0.25, -0.2) is 9.18 Å². The van der Waals surface area contributed by atoms with Crippen LogP contribution in [-0.4, -0.2) is 41.6 Å². The molecule has 2 amide bonds. The lowest BCUT2D eigenvalue weighted by Crippen LogP contribution is -2.44. The number of carbonyl (C=O) groups excluding carboxylic acids is 1. The minimum absolute atomic E-state index is 0.224. The fourth-order valence-corrected chi connectivity index (χ4v) is 2.66. The van der Waals surface area contributed by atoms with Gasteiger partial charge in [-0.1, -0.05) is 32.0 Å². The van der Waals surface area contributed by atoms with Crippen molar-refractivity contribution in [3.8, 4) is 0 Å². The zero-order valence-corrected chi connectivity index (χ0v) is 12.8. The maximum atomic E-state index is 13.9. The van der Waals surface area contributed by atoms with Gasteiger partial charge in [0, 0.05) is 25.0 Å². The molecule has 1 fully saturated rings. The number of halogens is 1. The second-order valence-corrected chi connectivity index (χ2v) is 6.29. The average molecular weight is 308 g/mol. The van der Waals surface area contributed by atoms with Crippen molar-refractivity contribution >= 4 is 12.0 Å². The van der Waals surface area contributed by atoms with Crippen LogP contribution in [0.3, 0.4) is 0 Å². The standard InChI is InChI=1S/C16H21FN2O3/c1-16(2,12-5-3-4-6-13(12)17)10-18-15(22)19-8-7-11(9-19)14(20)21/h3-6,11H,7-10H2,1-2H3,(H,18,22)(H,20,21). The van der Waals surface area contributed by atoms with Crippen molar-refractivity contribution in [1.29, 1.82) is 0 Å². The Balaban J connectivity index is 1.94. The maximum absolute atomic E-state index is 13.9. The first-order chi connectivity index (χ1) is 10.3. The number of nitrogens with zero attached hydrogens (tertiary/aromatic N) is 1. The molecule has 1 heterocycles. The van der Waals surface area contributed by atoms with E-state index in [1.807, 2.05) is 13.8 Å². The third-order valence-corrected chi connectivity index (χ3v) is 4.11. The molecule has 0 saturated carbocycles. The van der Waals surface area contributed by atoms with Crippen molar-refractivity contribution in [3.05, 3.63) is 35.6 Å². The van der Waals surface area contributed by atoms with Crippen molar-refractivity contribution in [2.45, 2.75) is 25.7 Å². The van der Waals surface area contributed by atoms with Crippen LogP contribution in [0.25, 0.3) is 0 Å². The molecular formula is C16H21FN2O3. The molecule has 1 saturated heterocycles. The number of urea groups is 1. The number of carboxylic acid groups (broad SMARTS) is 1. The van der Waals surface area contributed by atoms with Gasteiger partial charge in [0.05, 0.1) is 5.92 Å². The smallest absolute Gasteiger partial charge is 0.317 e. The van der Waals surface area contributed by atoms with Gasteiger partial charge in [-0.15, -0.1) is 0 Å². The minimum atomic E-state index is -0.873. The van der Waals surface area contributed by atoms with Crippen LogP contribution in [0.2, 0.25) is 0 Å². The molecular weight excluding hydrogens is 287 g/mol. The van der Waals surface area contributed by atoms with Crippen LogP contribution in [-0.2, 0) is 10.2 Å². The number of aliphatic carboxylic acids is 1. The number of hydrogen-bond donors (Lipinski definition) is 2. The Morgan fingerprint density at radius 2 is 2.09 bits per heavy atom. The summed E-state index contributed by atoms with van der Waals surface area (Å²) in [6.07, 6.45) is 0.472. The summed E-state index contributed by atoms with van der Waals surface area (Å²) in [6.45, 7) is 4.65. The molecule has 5 nitrogen and oxygen atoms in total. The monoisotopic (exact) mass is 308 g/mol. The summed E-state index contributed by atoms with van der Waals surface area (Å²) in [7, 11) is 0. The van der Waals surface area contributed by atoms with Crippen molar-refractivity contribution in [2.24, 2.45) is 5.92 Å². The Morgan fingerprint density at radius 3 is 2.68 bits per heavy atom. The van der Waals surface area contributed by atoms with Crippen LogP contribution in [0.5, 0.6) is 0 Å². The number of benzene rings is 1. The largest absolute Gasteiger partial charge is 0.481 e. The third kappa shape index (κ3) is 3.55. The summed E-state index contributed by atoms with van der Waals surface area (Å²) in [5.41, 5.74) is -0.00689. The Hall–Kier alpha value is -2.11. The average Bonchev–Trinajstić information content (AvgIpc) is 2.95. The second-order valence-electron chi connectivity index (χ2n) is 6.29. The zero-order chi connectivity index (χ0) is 16.3. The SMILES string of the molecule is CC(C)(CNC(=O)N1CCC(C(=O)O)C1)c1ccccc1F. The van der Waals surface area contributed by atoms with E-state index in [-0.39, 0.29) is 24.9 Å². The highest BCUT2D eigenvalue weighted by atomic mass is 19.1. The molecule has 1 aliphatic heterocycles. The summed E-state index contributed by atoms with van der Waals surface area (Å²) in [5.74, 6) is -1.67. The molecule has 0 radical (unpaired) electrons. The van der Waals surface area contributed by atoms with E-state index >= 15 is 0 Å². The zero-order valence-electron chi connectivity index (χ0n) is 12.8. The molecule has 6 heteroatoms. The van der Waals surface area contributed by atoms with E-state index in [0.717, 1.165) is 0 Å². The maximum Gasteiger partial charge on any atom is 0.317 e. The van der Waals surface area contributed by atoms with Crippen molar-refractivity contribution in [3.63, 3.8) is 0 Å². The van der Waals surface area contributed by atoms with Gasteiger partial charge in [-0.3, -0.25) is 4.79 Å². The Labute approximate surface area is 129 Å². The number of carbonyl (C=O) groups is 2. The topological polar surface area (TPSA) is 69.6 Å². The van der Waals surface area contributed by atoms with Crippen LogP contribution >= 0.6 is 0 Å². The highest BCUT2D eigenvalue weighted by Crippen LogP contribution is 2.25. The number of rotatable bonds is 4. The molecule has 0 aliphatic carbocycles. The van der Waals surface area contributed by atoms with Gasteiger partial charge in [0.2, 0.25) is 0 Å². The minimum Gasteiger partial charge on any atom is -0.481 e. The lowest BCUT2D eigenvalue weighted by molar-refractivity contribution is -0.141. The summed E-state index contributed by atoms with van der Waals surface area (Å²) >= 11 is 0. The van der Waals surface area contributed by atoms with Gasteiger partial charge in [0.25, 0.3) is 0 Å². The summed E-state index contributed by atoms with van der Waals surface area (Å²) < 4.78 is 13.9. The van der Waals surface area contributed by atoms with E-state index in [9.17, 15) is 14.0 Å². The van der Waals surface area contributed by atoms with E-state index < -0.39 is 17.3 Å². The van der Waals surface area contributed by atoms with Crippen molar-refractivity contribution < 1.29 is 19.1 Å². The predicted molar refractivity (Wildman–Crippen MR) is 80.1 cm³/mol. The van der Waals surface area contributed by atoms with Gasteiger partial charge in [0.15, 0.2) is 0 Å². The summed E-state index contributed by atoms with van der Waals surface area (Å²) in [5, 5.41) is 11.7. The van der Waals surface area contributed by atoms with Gasteiger partial charge >= 0.3 is 12.0 Å². The van der Waals surface area contributed by atoms with Gasteiger partial charge in [-0.05, 0) is 18.1 Å². The quantitative estimate of drug-likeness (QED) is 0.896. The predicted octanol–water partition coefficient (Wildman–Crippen LogP) is 2.22. The van der Waals surface area contributed by atoms with Crippen molar-refractivity contribution in [1.82, 2.24) is 10.2 Å². The molecule has 2 N–H and O–H groups in total. The number of likely N-dealkylation sites (tertiary alicyclic amines) is 1. The molecule has 1 aromatic carbocycles. The Kier molecular flexibility index (Phi) is 4.68. The lowest BCUT2D eigenvalue weighted by atomic mass is 9.84.